The van der Waals surface area contributed by atoms with Crippen LogP contribution in [0.5, 0.6) is 0 Å². The topological polar surface area (TPSA) is 102 Å². The first-order valence-corrected chi connectivity index (χ1v) is 8.55. The zero-order valence-electron chi connectivity index (χ0n) is 12.3. The molecule has 0 aliphatic carbocycles. The lowest BCUT2D eigenvalue weighted by molar-refractivity contribution is -0.122. The summed E-state index contributed by atoms with van der Waals surface area (Å²) in [5, 5.41) is 4.11. The van der Waals surface area contributed by atoms with Gasteiger partial charge in [-0.3, -0.25) is 14.4 Å². The zero-order valence-corrected chi connectivity index (χ0v) is 13.1. The van der Waals surface area contributed by atoms with Crippen molar-refractivity contribution in [2.24, 2.45) is 18.7 Å². The number of carbonyl (C=O) groups is 1. The Morgan fingerprint density at radius 2 is 2.14 bits per heavy atom. The minimum absolute atomic E-state index is 0.151. The van der Waals surface area contributed by atoms with Crippen LogP contribution in [0.1, 0.15) is 5.56 Å². The van der Waals surface area contributed by atoms with Crippen LogP contribution in [0.25, 0.3) is 0 Å². The summed E-state index contributed by atoms with van der Waals surface area (Å²) in [7, 11) is -1.49. The van der Waals surface area contributed by atoms with Crippen molar-refractivity contribution in [3.8, 4) is 0 Å². The number of amides is 1. The van der Waals surface area contributed by atoms with Crippen molar-refractivity contribution >= 4 is 15.9 Å². The van der Waals surface area contributed by atoms with Gasteiger partial charge < -0.3 is 5.73 Å². The number of hydrogen-bond acceptors (Lipinski definition) is 5. The summed E-state index contributed by atoms with van der Waals surface area (Å²) >= 11 is 0. The maximum Gasteiger partial charge on any atom is 0.223 e. The first-order chi connectivity index (χ1) is 9.75. The van der Waals surface area contributed by atoms with Crippen LogP contribution in [0.15, 0.2) is 12.4 Å². The van der Waals surface area contributed by atoms with E-state index >= 15 is 0 Å². The van der Waals surface area contributed by atoms with Gasteiger partial charge in [-0.05, 0) is 0 Å². The zero-order chi connectivity index (χ0) is 15.6. The fourth-order valence-electron chi connectivity index (χ4n) is 2.49. The summed E-state index contributed by atoms with van der Waals surface area (Å²) in [5.41, 5.74) is 6.42. The average molecular weight is 315 g/mol. The van der Waals surface area contributed by atoms with E-state index in [4.69, 9.17) is 5.73 Å². The Bertz CT molecular complexity index is 612. The van der Waals surface area contributed by atoms with Crippen molar-refractivity contribution in [2.45, 2.75) is 6.54 Å². The molecule has 0 saturated carbocycles. The lowest BCUT2D eigenvalue weighted by Crippen LogP contribution is -2.40. The summed E-state index contributed by atoms with van der Waals surface area (Å²) < 4.78 is 26.5. The quantitative estimate of drug-likeness (QED) is 0.736. The van der Waals surface area contributed by atoms with Crippen LogP contribution in [0.4, 0.5) is 0 Å². The molecule has 118 valence electrons. The third-order valence-corrected chi connectivity index (χ3v) is 4.87. The van der Waals surface area contributed by atoms with Crippen LogP contribution >= 0.6 is 0 Å². The Balaban J connectivity index is 2.12. The number of nitrogens with zero attached hydrogens (tertiary/aromatic N) is 4. The monoisotopic (exact) mass is 315 g/mol. The maximum atomic E-state index is 11.7. The van der Waals surface area contributed by atoms with Gasteiger partial charge in [-0.1, -0.05) is 0 Å². The van der Waals surface area contributed by atoms with Crippen molar-refractivity contribution in [3.63, 3.8) is 0 Å². The van der Waals surface area contributed by atoms with Gasteiger partial charge in [-0.15, -0.1) is 0 Å². The molecule has 0 bridgehead atoms. The van der Waals surface area contributed by atoms with Gasteiger partial charge in [-0.25, -0.2) is 12.7 Å². The summed E-state index contributed by atoms with van der Waals surface area (Å²) in [6.45, 7) is 2.15. The minimum Gasteiger partial charge on any atom is -0.369 e. The molecule has 1 fully saturated rings. The average Bonchev–Trinajstić information content (AvgIpc) is 2.63. The van der Waals surface area contributed by atoms with Crippen LogP contribution in [-0.4, -0.2) is 65.7 Å². The first kappa shape index (κ1) is 15.9. The van der Waals surface area contributed by atoms with Gasteiger partial charge in [0, 0.05) is 51.5 Å². The van der Waals surface area contributed by atoms with E-state index in [0.29, 0.717) is 26.2 Å². The molecule has 1 aliphatic rings. The smallest absolute Gasteiger partial charge is 0.223 e. The van der Waals surface area contributed by atoms with Gasteiger partial charge in [0.25, 0.3) is 0 Å². The minimum atomic E-state index is -3.33. The van der Waals surface area contributed by atoms with Gasteiger partial charge in [0.1, 0.15) is 0 Å². The SMILES string of the molecule is Cn1cc(CN2CCN(S(C)(=O)=O)CC(C(N)=O)C2)cn1. The second-order valence-corrected chi connectivity index (χ2v) is 7.46. The molecule has 0 aromatic carbocycles. The number of rotatable bonds is 4. The van der Waals surface area contributed by atoms with Crippen LogP contribution in [0.2, 0.25) is 0 Å². The third kappa shape index (κ3) is 4.26. The normalized spacial score (nSPS) is 22.1. The predicted octanol–water partition coefficient (Wildman–Crippen LogP) is -1.40. The van der Waals surface area contributed by atoms with Gasteiger partial charge in [0.15, 0.2) is 0 Å². The van der Waals surface area contributed by atoms with E-state index in [2.05, 4.69) is 5.10 Å². The fourth-order valence-corrected chi connectivity index (χ4v) is 3.35. The largest absolute Gasteiger partial charge is 0.369 e. The number of sulfonamides is 1. The molecule has 1 unspecified atom stereocenters. The predicted molar refractivity (Wildman–Crippen MR) is 77.6 cm³/mol. The Morgan fingerprint density at radius 3 is 2.67 bits per heavy atom. The number of aromatic nitrogens is 2. The molecule has 1 amide bonds. The van der Waals surface area contributed by atoms with E-state index in [9.17, 15) is 13.2 Å². The second kappa shape index (κ2) is 6.12. The van der Waals surface area contributed by atoms with Gasteiger partial charge >= 0.3 is 0 Å². The summed E-state index contributed by atoms with van der Waals surface area (Å²) in [6, 6.07) is 0. The number of hydrogen-bond donors (Lipinski definition) is 1. The summed E-state index contributed by atoms with van der Waals surface area (Å²) in [5.74, 6) is -0.972. The van der Waals surface area contributed by atoms with Crippen LogP contribution in [0, 0.1) is 5.92 Å². The second-order valence-electron chi connectivity index (χ2n) is 5.48. The molecule has 1 aromatic rings. The summed E-state index contributed by atoms with van der Waals surface area (Å²) in [4.78, 5) is 13.6. The number of primary amides is 1. The highest BCUT2D eigenvalue weighted by atomic mass is 32.2. The Morgan fingerprint density at radius 1 is 1.43 bits per heavy atom. The number of nitrogens with two attached hydrogens (primary N) is 1. The van der Waals surface area contributed by atoms with E-state index in [-0.39, 0.29) is 6.54 Å². The Kier molecular flexibility index (Phi) is 4.64. The molecule has 2 rings (SSSR count). The van der Waals surface area contributed by atoms with Crippen molar-refractivity contribution in [1.82, 2.24) is 19.0 Å². The standard InChI is InChI=1S/C12H21N5O3S/c1-15-6-10(5-14-15)7-16-3-4-17(21(2,19)20)9-11(8-16)12(13)18/h5-6,11H,3-4,7-9H2,1-2H3,(H2,13,18). The van der Waals surface area contributed by atoms with E-state index in [1.165, 1.54) is 4.31 Å². The molecular weight excluding hydrogens is 294 g/mol. The van der Waals surface area contributed by atoms with E-state index in [1.807, 2.05) is 18.1 Å². The Labute approximate surface area is 124 Å². The van der Waals surface area contributed by atoms with Crippen LogP contribution < -0.4 is 5.73 Å². The molecule has 1 aromatic heterocycles. The van der Waals surface area contributed by atoms with Crippen LogP contribution in [0.3, 0.4) is 0 Å². The van der Waals surface area contributed by atoms with Gasteiger partial charge in [-0.2, -0.15) is 5.10 Å². The highest BCUT2D eigenvalue weighted by Gasteiger charge is 2.30. The van der Waals surface area contributed by atoms with Crippen molar-refractivity contribution in [1.29, 1.82) is 0 Å². The van der Waals surface area contributed by atoms with E-state index < -0.39 is 21.8 Å². The molecule has 1 atom stereocenters. The molecule has 21 heavy (non-hydrogen) atoms. The molecule has 1 aliphatic heterocycles. The molecule has 9 heteroatoms. The van der Waals surface area contributed by atoms with Gasteiger partial charge in [0.2, 0.25) is 15.9 Å². The lowest BCUT2D eigenvalue weighted by atomic mass is 10.1. The molecule has 0 radical (unpaired) electrons. The van der Waals surface area contributed by atoms with Crippen molar-refractivity contribution < 1.29 is 13.2 Å². The summed E-state index contributed by atoms with van der Waals surface area (Å²) in [6.07, 6.45) is 4.82. The van der Waals surface area contributed by atoms with Gasteiger partial charge in [0.05, 0.1) is 18.4 Å². The van der Waals surface area contributed by atoms with E-state index in [1.54, 1.807) is 10.9 Å². The first-order valence-electron chi connectivity index (χ1n) is 6.70. The maximum absolute atomic E-state index is 11.7. The number of aryl methyl sites for hydroxylation is 1. The number of carbonyl (C=O) groups excluding carboxylic acids is 1. The molecular formula is C12H21N5O3S. The van der Waals surface area contributed by atoms with Crippen molar-refractivity contribution in [3.05, 3.63) is 18.0 Å². The molecule has 8 nitrogen and oxygen atoms in total. The highest BCUT2D eigenvalue weighted by Crippen LogP contribution is 2.14. The van der Waals surface area contributed by atoms with Crippen molar-refractivity contribution in [2.75, 3.05) is 32.4 Å². The molecule has 2 heterocycles. The van der Waals surface area contributed by atoms with E-state index in [0.717, 1.165) is 11.8 Å². The lowest BCUT2D eigenvalue weighted by Gasteiger charge is -2.21. The third-order valence-electron chi connectivity index (χ3n) is 3.60. The Hall–Kier alpha value is -1.45. The molecule has 1 saturated heterocycles. The highest BCUT2D eigenvalue weighted by molar-refractivity contribution is 7.88. The molecule has 2 N–H and O–H groups in total. The van der Waals surface area contributed by atoms with Crippen LogP contribution in [-0.2, 0) is 28.4 Å². The molecule has 0 spiro atoms. The fraction of sp³-hybridized carbons (Fsp3) is 0.667.